The molecule has 0 atom stereocenters. The predicted octanol–water partition coefficient (Wildman–Crippen LogP) is 7.09. The third-order valence-corrected chi connectivity index (χ3v) is 5.15. The van der Waals surface area contributed by atoms with Gasteiger partial charge in [0.05, 0.1) is 11.0 Å². The van der Waals surface area contributed by atoms with Gasteiger partial charge in [-0.2, -0.15) is 0 Å². The number of aromatic nitrogens is 2. The quantitative estimate of drug-likeness (QED) is 0.229. The molecule has 0 saturated carbocycles. The van der Waals surface area contributed by atoms with E-state index in [9.17, 15) is 0 Å². The van der Waals surface area contributed by atoms with Gasteiger partial charge in [0.1, 0.15) is 5.48 Å². The number of hydrogen-bond donors (Lipinski definition) is 0. The van der Waals surface area contributed by atoms with Crippen LogP contribution in [0.5, 0.6) is 0 Å². The largest absolute Gasteiger partial charge is 0.330 e. The van der Waals surface area contributed by atoms with Crippen molar-refractivity contribution in [2.24, 2.45) is 7.05 Å². The van der Waals surface area contributed by atoms with Crippen molar-refractivity contribution in [1.82, 2.24) is 9.13 Å². The molecule has 150 valence electrons. The van der Waals surface area contributed by atoms with Crippen molar-refractivity contribution in [1.29, 1.82) is 0 Å². The summed E-state index contributed by atoms with van der Waals surface area (Å²) < 4.78 is 4.61. The molecule has 0 unspecified atom stereocenters. The highest BCUT2D eigenvalue weighted by atomic mass is 15.1. The van der Waals surface area contributed by atoms with E-state index in [1.807, 2.05) is 27.7 Å². The fourth-order valence-corrected chi connectivity index (χ4v) is 4.15. The Hall–Kier alpha value is -2.48. The molecule has 0 aliphatic rings. The molecule has 0 saturated heterocycles. The molecule has 2 nitrogen and oxygen atoms in total. The van der Waals surface area contributed by atoms with Gasteiger partial charge < -0.3 is 9.13 Å². The van der Waals surface area contributed by atoms with Crippen molar-refractivity contribution in [3.05, 3.63) is 53.5 Å². The van der Waals surface area contributed by atoms with Crippen LogP contribution in [0.4, 0.5) is 0 Å². The summed E-state index contributed by atoms with van der Waals surface area (Å²) >= 11 is 0. The minimum atomic E-state index is -0.0309. The van der Waals surface area contributed by atoms with Gasteiger partial charge in [0.25, 0.3) is 0 Å². The molecule has 0 aliphatic heterocycles. The van der Waals surface area contributed by atoms with Gasteiger partial charge >= 0.3 is 0 Å². The van der Waals surface area contributed by atoms with Crippen molar-refractivity contribution in [2.75, 3.05) is 0 Å². The maximum absolute atomic E-state index is 4.40. The monoisotopic (exact) mass is 376 g/mol. The second-order valence-electron chi connectivity index (χ2n) is 7.70. The minimum absolute atomic E-state index is 0.0309. The van der Waals surface area contributed by atoms with Crippen LogP contribution in [0.2, 0.25) is 0 Å². The fraction of sp³-hybridized carbons (Fsp3) is 0.385. The summed E-state index contributed by atoms with van der Waals surface area (Å²) in [7, 11) is 2.13. The van der Waals surface area contributed by atoms with Crippen LogP contribution in [0.3, 0.4) is 0 Å². The molecule has 0 aliphatic carbocycles. The molecule has 4 aromatic rings. The maximum Gasteiger partial charge on any atom is 0.106 e. The summed E-state index contributed by atoms with van der Waals surface area (Å²) in [6, 6.07) is 15.3. The molecule has 1 heterocycles. The highest BCUT2D eigenvalue weighted by Gasteiger charge is 2.20. The van der Waals surface area contributed by atoms with Crippen LogP contribution < -0.4 is 5.48 Å². The van der Waals surface area contributed by atoms with Gasteiger partial charge in [-0.15, -0.1) is 0 Å². The Balaban J connectivity index is 0.000000660. The zero-order valence-electron chi connectivity index (χ0n) is 19.1. The highest BCUT2D eigenvalue weighted by molar-refractivity contribution is 6.21. The summed E-state index contributed by atoms with van der Waals surface area (Å²) in [4.78, 5) is 0. The molecule has 0 fully saturated rings. The first kappa shape index (κ1) is 21.8. The first-order chi connectivity index (χ1) is 13.3. The Morgan fingerprint density at radius 2 is 1.32 bits per heavy atom. The van der Waals surface area contributed by atoms with Crippen LogP contribution >= 0.6 is 0 Å². The highest BCUT2D eigenvalue weighted by Crippen LogP contribution is 2.36. The molecule has 0 spiro atoms. The molecule has 0 bridgehead atoms. The number of nitrogens with zero attached hydrogens (tertiary/aromatic N) is 2. The summed E-state index contributed by atoms with van der Waals surface area (Å²) in [5.74, 6) is 0. The molecule has 28 heavy (non-hydrogen) atoms. The zero-order chi connectivity index (χ0) is 21.2. The average molecular weight is 377 g/mol. The normalized spacial score (nSPS) is 11.2. The Bertz CT molecular complexity index is 1160. The van der Waals surface area contributed by atoms with Gasteiger partial charge in [-0.25, -0.2) is 0 Å². The Morgan fingerprint density at radius 3 is 1.89 bits per heavy atom. The van der Waals surface area contributed by atoms with Gasteiger partial charge in [-0.1, -0.05) is 70.7 Å². The second-order valence-corrected chi connectivity index (χ2v) is 7.70. The molecule has 3 aromatic carbocycles. The van der Waals surface area contributed by atoms with Crippen LogP contribution in [-0.4, -0.2) is 9.13 Å². The van der Waals surface area contributed by atoms with E-state index in [0.717, 1.165) is 5.48 Å². The predicted molar refractivity (Wildman–Crippen MR) is 128 cm³/mol. The van der Waals surface area contributed by atoms with Crippen LogP contribution in [0.15, 0.2) is 42.5 Å². The van der Waals surface area contributed by atoms with Gasteiger partial charge in [0, 0.05) is 18.0 Å². The number of benzene rings is 3. The molecule has 0 amide bonds. The average Bonchev–Trinajstić information content (AvgIpc) is 2.70. The van der Waals surface area contributed by atoms with Crippen molar-refractivity contribution >= 4 is 39.2 Å². The van der Waals surface area contributed by atoms with E-state index in [4.69, 9.17) is 0 Å². The second kappa shape index (κ2) is 8.26. The molecule has 1 aromatic heterocycles. The Morgan fingerprint density at radius 1 is 0.786 bits per heavy atom. The third-order valence-electron chi connectivity index (χ3n) is 5.15. The number of aryl methyl sites for hydroxylation is 2. The lowest BCUT2D eigenvalue weighted by molar-refractivity contribution is 0.387. The minimum Gasteiger partial charge on any atom is -0.330 e. The number of hydrogen-bond acceptors (Lipinski definition) is 0. The van der Waals surface area contributed by atoms with Crippen LogP contribution in [-0.2, 0) is 12.6 Å². The SMILES string of the molecule is C=c1n(C)c2c(C)c3ccccc3c3cccc(c32)n1C(C)(C)C.CC.CC. The van der Waals surface area contributed by atoms with Crippen molar-refractivity contribution in [3.63, 3.8) is 0 Å². The smallest absolute Gasteiger partial charge is 0.106 e. The van der Waals surface area contributed by atoms with E-state index >= 15 is 0 Å². The van der Waals surface area contributed by atoms with E-state index in [1.165, 1.54) is 38.1 Å². The molecule has 0 radical (unpaired) electrons. The first-order valence-corrected chi connectivity index (χ1v) is 10.5. The van der Waals surface area contributed by atoms with Crippen molar-refractivity contribution in [2.45, 2.75) is 60.9 Å². The number of fused-ring (bicyclic) bond motifs is 2. The van der Waals surface area contributed by atoms with Gasteiger partial charge in [0.2, 0.25) is 0 Å². The van der Waals surface area contributed by atoms with Gasteiger partial charge in [-0.05, 0) is 55.5 Å². The summed E-state index contributed by atoms with van der Waals surface area (Å²) in [6.45, 7) is 21.3. The van der Waals surface area contributed by atoms with E-state index < -0.39 is 0 Å². The van der Waals surface area contributed by atoms with E-state index in [0.29, 0.717) is 0 Å². The summed E-state index contributed by atoms with van der Waals surface area (Å²) in [6.07, 6.45) is 0. The standard InChI is InChI=1S/C22H24N2.2C2H6/c1-14-16-10-7-8-11-17(16)18-12-9-13-19-20(18)21(14)23(6)15(2)24(19)22(3,4)5;2*1-2/h7-13H,2H2,1,3-6H3;2*1-2H3. The lowest BCUT2D eigenvalue weighted by Crippen LogP contribution is -2.39. The van der Waals surface area contributed by atoms with Crippen molar-refractivity contribution in [3.8, 4) is 0 Å². The third kappa shape index (κ3) is 3.26. The lowest BCUT2D eigenvalue weighted by Gasteiger charge is -2.30. The van der Waals surface area contributed by atoms with E-state index in [-0.39, 0.29) is 5.54 Å². The fourth-order valence-electron chi connectivity index (χ4n) is 4.15. The zero-order valence-corrected chi connectivity index (χ0v) is 19.1. The molecule has 4 rings (SSSR count). The van der Waals surface area contributed by atoms with Crippen LogP contribution in [0.1, 0.15) is 54.0 Å². The van der Waals surface area contributed by atoms with Gasteiger partial charge in [0.15, 0.2) is 0 Å². The summed E-state index contributed by atoms with van der Waals surface area (Å²) in [5, 5.41) is 5.29. The van der Waals surface area contributed by atoms with E-state index in [2.05, 4.69) is 92.9 Å². The van der Waals surface area contributed by atoms with Gasteiger partial charge in [-0.3, -0.25) is 0 Å². The molecular formula is C26H36N2. The first-order valence-electron chi connectivity index (χ1n) is 10.5. The Kier molecular flexibility index (Phi) is 6.44. The van der Waals surface area contributed by atoms with Crippen LogP contribution in [0, 0.1) is 6.92 Å². The maximum atomic E-state index is 4.40. The molecular weight excluding hydrogens is 340 g/mol. The lowest BCUT2D eigenvalue weighted by atomic mass is 9.94. The Labute approximate surface area is 170 Å². The van der Waals surface area contributed by atoms with E-state index in [1.54, 1.807) is 0 Å². The van der Waals surface area contributed by atoms with Crippen LogP contribution in [0.25, 0.3) is 39.2 Å². The molecule has 0 N–H and O–H groups in total. The topological polar surface area (TPSA) is 9.86 Å². The molecule has 2 heteroatoms. The summed E-state index contributed by atoms with van der Waals surface area (Å²) in [5.41, 5.74) is 4.86. The van der Waals surface area contributed by atoms with Crippen molar-refractivity contribution < 1.29 is 0 Å². The number of rotatable bonds is 0.